The van der Waals surface area contributed by atoms with Crippen molar-refractivity contribution in [2.24, 2.45) is 5.92 Å². The molecule has 0 radical (unpaired) electrons. The number of para-hydroxylation sites is 1. The van der Waals surface area contributed by atoms with Crippen molar-refractivity contribution in [1.82, 2.24) is 10.3 Å². The number of carbonyl (C=O) groups excluding carboxylic acids is 1. The second kappa shape index (κ2) is 8.30. The number of fused-ring (bicyclic) bond motifs is 1. The maximum atomic E-state index is 12.2. The number of benzene rings is 2. The minimum absolute atomic E-state index is 0.105. The average Bonchev–Trinajstić information content (AvgIpc) is 3.06. The molecule has 2 N–H and O–H groups in total. The number of amides is 1. The molecule has 0 spiro atoms. The summed E-state index contributed by atoms with van der Waals surface area (Å²) in [6.07, 6.45) is 2.63. The number of hydrogen-bond donors (Lipinski definition) is 2. The molecular weight excluding hydrogens is 334 g/mol. The highest BCUT2D eigenvalue weighted by atomic mass is 16.1. The second-order valence-corrected chi connectivity index (χ2v) is 7.73. The number of nitrogens with one attached hydrogen (secondary N) is 2. The minimum atomic E-state index is 0.105. The van der Waals surface area contributed by atoms with E-state index in [1.165, 1.54) is 22.2 Å². The van der Waals surface area contributed by atoms with Crippen LogP contribution in [0.15, 0.2) is 54.7 Å². The first kappa shape index (κ1) is 19.0. The van der Waals surface area contributed by atoms with E-state index in [0.29, 0.717) is 18.9 Å². The Morgan fingerprint density at radius 3 is 2.44 bits per heavy atom. The monoisotopic (exact) mass is 363 g/mol. The van der Waals surface area contributed by atoms with Gasteiger partial charge < -0.3 is 15.2 Å². The Morgan fingerprint density at radius 2 is 1.78 bits per heavy atom. The van der Waals surface area contributed by atoms with Crippen molar-refractivity contribution in [3.05, 3.63) is 65.9 Å². The summed E-state index contributed by atoms with van der Waals surface area (Å²) in [4.78, 5) is 17.7. The molecule has 0 aliphatic rings. The quantitative estimate of drug-likeness (QED) is 0.648. The molecule has 0 saturated heterocycles. The summed E-state index contributed by atoms with van der Waals surface area (Å²) in [5, 5.41) is 4.35. The second-order valence-electron chi connectivity index (χ2n) is 7.73. The van der Waals surface area contributed by atoms with Crippen molar-refractivity contribution in [1.29, 1.82) is 0 Å². The molecule has 0 fully saturated rings. The number of nitrogens with zero attached hydrogens (tertiary/aromatic N) is 1. The van der Waals surface area contributed by atoms with E-state index in [1.807, 2.05) is 20.2 Å². The summed E-state index contributed by atoms with van der Waals surface area (Å²) in [5.41, 5.74) is 4.71. The molecule has 27 heavy (non-hydrogen) atoms. The maximum Gasteiger partial charge on any atom is 0.220 e. The summed E-state index contributed by atoms with van der Waals surface area (Å²) in [5.74, 6) is 0.573. The van der Waals surface area contributed by atoms with Crippen LogP contribution in [-0.4, -0.2) is 31.5 Å². The lowest BCUT2D eigenvalue weighted by atomic mass is 9.90. The number of rotatable bonds is 7. The van der Waals surface area contributed by atoms with E-state index in [2.05, 4.69) is 77.7 Å². The fourth-order valence-corrected chi connectivity index (χ4v) is 3.45. The zero-order valence-electron chi connectivity index (χ0n) is 16.6. The summed E-state index contributed by atoms with van der Waals surface area (Å²) >= 11 is 0. The van der Waals surface area contributed by atoms with Crippen molar-refractivity contribution < 1.29 is 4.79 Å². The molecule has 142 valence electrons. The first-order valence-electron chi connectivity index (χ1n) is 9.55. The van der Waals surface area contributed by atoms with Crippen LogP contribution in [0.25, 0.3) is 10.9 Å². The number of carbonyl (C=O) groups is 1. The highest BCUT2D eigenvalue weighted by Gasteiger charge is 2.19. The molecule has 0 unspecified atom stereocenters. The van der Waals surface area contributed by atoms with E-state index < -0.39 is 0 Å². The number of aromatic amines is 1. The predicted octanol–water partition coefficient (Wildman–Crippen LogP) is 4.53. The van der Waals surface area contributed by atoms with E-state index >= 15 is 0 Å². The van der Waals surface area contributed by atoms with Crippen molar-refractivity contribution in [3.63, 3.8) is 0 Å². The van der Waals surface area contributed by atoms with Crippen LogP contribution in [0.5, 0.6) is 0 Å². The van der Waals surface area contributed by atoms with Crippen molar-refractivity contribution >= 4 is 22.5 Å². The maximum absolute atomic E-state index is 12.2. The molecule has 1 aromatic heterocycles. The van der Waals surface area contributed by atoms with Gasteiger partial charge >= 0.3 is 0 Å². The number of aromatic nitrogens is 1. The van der Waals surface area contributed by atoms with Gasteiger partial charge in [0.1, 0.15) is 0 Å². The third-order valence-corrected chi connectivity index (χ3v) is 4.91. The average molecular weight is 364 g/mol. The molecule has 3 rings (SSSR count). The lowest BCUT2D eigenvalue weighted by molar-refractivity contribution is -0.121. The molecule has 4 nitrogen and oxygen atoms in total. The van der Waals surface area contributed by atoms with Crippen LogP contribution in [-0.2, 0) is 4.79 Å². The van der Waals surface area contributed by atoms with Crippen LogP contribution >= 0.6 is 0 Å². The molecular formula is C23H29N3O. The fourth-order valence-electron chi connectivity index (χ4n) is 3.45. The Labute approximate surface area is 161 Å². The Bertz CT molecular complexity index is 893. The van der Waals surface area contributed by atoms with Gasteiger partial charge in [0.05, 0.1) is 0 Å². The van der Waals surface area contributed by atoms with Gasteiger partial charge in [-0.2, -0.15) is 0 Å². The molecule has 2 aromatic carbocycles. The van der Waals surface area contributed by atoms with Gasteiger partial charge in [-0.1, -0.05) is 44.2 Å². The molecule has 0 aliphatic carbocycles. The van der Waals surface area contributed by atoms with Gasteiger partial charge in [-0.25, -0.2) is 0 Å². The predicted molar refractivity (Wildman–Crippen MR) is 113 cm³/mol. The molecule has 0 bridgehead atoms. The fraction of sp³-hybridized carbons (Fsp3) is 0.348. The minimum Gasteiger partial charge on any atom is -0.378 e. The first-order chi connectivity index (χ1) is 13.0. The lowest BCUT2D eigenvalue weighted by Crippen LogP contribution is -2.29. The van der Waals surface area contributed by atoms with Gasteiger partial charge in [0, 0.05) is 55.8 Å². The van der Waals surface area contributed by atoms with E-state index in [4.69, 9.17) is 0 Å². The van der Waals surface area contributed by atoms with Crippen LogP contribution < -0.4 is 10.2 Å². The molecule has 1 amide bonds. The highest BCUT2D eigenvalue weighted by molar-refractivity contribution is 5.84. The normalized spacial score (nSPS) is 12.3. The van der Waals surface area contributed by atoms with Crippen molar-refractivity contribution in [3.8, 4) is 0 Å². The molecule has 4 heteroatoms. The van der Waals surface area contributed by atoms with Gasteiger partial charge in [-0.3, -0.25) is 4.79 Å². The zero-order chi connectivity index (χ0) is 19.4. The lowest BCUT2D eigenvalue weighted by Gasteiger charge is -2.20. The van der Waals surface area contributed by atoms with Crippen LogP contribution in [0, 0.1) is 5.92 Å². The highest BCUT2D eigenvalue weighted by Crippen LogP contribution is 2.31. The molecule has 0 aliphatic heterocycles. The molecule has 1 heterocycles. The van der Waals surface area contributed by atoms with E-state index in [9.17, 15) is 4.79 Å². The van der Waals surface area contributed by atoms with Crippen molar-refractivity contribution in [2.75, 3.05) is 25.5 Å². The number of H-pyrrole nitrogens is 1. The number of anilines is 1. The van der Waals surface area contributed by atoms with Crippen LogP contribution in [0.3, 0.4) is 0 Å². The van der Waals surface area contributed by atoms with E-state index in [0.717, 1.165) is 5.52 Å². The van der Waals surface area contributed by atoms with Crippen LogP contribution in [0.2, 0.25) is 0 Å². The van der Waals surface area contributed by atoms with Gasteiger partial charge in [-0.15, -0.1) is 0 Å². The summed E-state index contributed by atoms with van der Waals surface area (Å²) in [6, 6.07) is 16.9. The Balaban J connectivity index is 1.92. The third-order valence-electron chi connectivity index (χ3n) is 4.91. The number of hydrogen-bond acceptors (Lipinski definition) is 2. The van der Waals surface area contributed by atoms with Crippen LogP contribution in [0.4, 0.5) is 5.69 Å². The van der Waals surface area contributed by atoms with Gasteiger partial charge in [0.25, 0.3) is 0 Å². The van der Waals surface area contributed by atoms with Crippen molar-refractivity contribution in [2.45, 2.75) is 26.2 Å². The van der Waals surface area contributed by atoms with Gasteiger partial charge in [-0.05, 0) is 35.2 Å². The van der Waals surface area contributed by atoms with Gasteiger partial charge in [0.2, 0.25) is 5.91 Å². The van der Waals surface area contributed by atoms with Gasteiger partial charge in [0.15, 0.2) is 0 Å². The van der Waals surface area contributed by atoms with E-state index in [-0.39, 0.29) is 11.8 Å². The summed E-state index contributed by atoms with van der Waals surface area (Å²) < 4.78 is 0. The molecule has 3 aromatic rings. The molecule has 0 saturated carbocycles. The Kier molecular flexibility index (Phi) is 5.84. The largest absolute Gasteiger partial charge is 0.378 e. The standard InChI is InChI=1S/C23H29N3O/c1-16(2)13-23(27)25-14-20(17-9-11-18(12-10-17)26(3)4)21-15-24-22-8-6-5-7-19(21)22/h5-12,15-16,20,24H,13-14H2,1-4H3,(H,25,27)/t20-/m1/s1. The smallest absolute Gasteiger partial charge is 0.220 e. The summed E-state index contributed by atoms with van der Waals surface area (Å²) in [7, 11) is 4.08. The SMILES string of the molecule is CC(C)CC(=O)NC[C@H](c1ccc(N(C)C)cc1)c1c[nH]c2ccccc12. The Hall–Kier alpha value is -2.75. The molecule has 1 atom stereocenters. The van der Waals surface area contributed by atoms with E-state index in [1.54, 1.807) is 0 Å². The topological polar surface area (TPSA) is 48.1 Å². The zero-order valence-corrected chi connectivity index (χ0v) is 16.6. The third kappa shape index (κ3) is 4.51. The Morgan fingerprint density at radius 1 is 1.07 bits per heavy atom. The summed E-state index contributed by atoms with van der Waals surface area (Å²) in [6.45, 7) is 4.72. The first-order valence-corrected chi connectivity index (χ1v) is 9.55. The van der Waals surface area contributed by atoms with Crippen LogP contribution in [0.1, 0.15) is 37.3 Å².